The van der Waals surface area contributed by atoms with Crippen LogP contribution >= 0.6 is 23.2 Å². The van der Waals surface area contributed by atoms with Gasteiger partial charge in [0.1, 0.15) is 6.54 Å². The van der Waals surface area contributed by atoms with E-state index >= 15 is 0 Å². The second-order valence-corrected chi connectivity index (χ2v) is 6.14. The predicted octanol–water partition coefficient (Wildman–Crippen LogP) is 1.24. The lowest BCUT2D eigenvalue weighted by atomic mass is 10.3. The monoisotopic (exact) mass is 296 g/mol. The zero-order valence-electron chi connectivity index (χ0n) is 8.85. The van der Waals surface area contributed by atoms with Gasteiger partial charge in [0.2, 0.25) is 15.9 Å². The number of hydrogen-bond acceptors (Lipinski definition) is 3. The third-order valence-electron chi connectivity index (χ3n) is 1.84. The highest BCUT2D eigenvalue weighted by atomic mass is 35.5. The molecule has 0 heterocycles. The van der Waals surface area contributed by atoms with Gasteiger partial charge in [-0.05, 0) is 18.2 Å². The minimum atomic E-state index is -3.63. The van der Waals surface area contributed by atoms with Crippen molar-refractivity contribution in [1.29, 1.82) is 0 Å². The van der Waals surface area contributed by atoms with E-state index in [2.05, 4.69) is 0 Å². The van der Waals surface area contributed by atoms with Gasteiger partial charge in [0.15, 0.2) is 0 Å². The molecule has 17 heavy (non-hydrogen) atoms. The maximum Gasteiger partial charge on any atom is 0.238 e. The Bertz CT molecular complexity index is 525. The van der Waals surface area contributed by atoms with Crippen LogP contribution in [0.2, 0.25) is 10.0 Å². The Balaban J connectivity index is 3.27. The fraction of sp³-hybridized carbons (Fsp3) is 0.222. The molecular formula is C9H10Cl2N2O3S. The van der Waals surface area contributed by atoms with Crippen LogP contribution in [0.3, 0.4) is 0 Å². The summed E-state index contributed by atoms with van der Waals surface area (Å²) in [4.78, 5) is 10.8. The van der Waals surface area contributed by atoms with Crippen LogP contribution in [0.15, 0.2) is 18.2 Å². The molecule has 0 aliphatic carbocycles. The summed E-state index contributed by atoms with van der Waals surface area (Å²) in [6.45, 7) is -0.463. The summed E-state index contributed by atoms with van der Waals surface area (Å²) in [6, 6.07) is 4.23. The van der Waals surface area contributed by atoms with E-state index in [1.807, 2.05) is 0 Å². The molecule has 0 aliphatic heterocycles. The summed E-state index contributed by atoms with van der Waals surface area (Å²) >= 11 is 11.5. The second kappa shape index (κ2) is 5.12. The lowest BCUT2D eigenvalue weighted by molar-refractivity contribution is -0.116. The Kier molecular flexibility index (Phi) is 4.24. The molecule has 0 spiro atoms. The summed E-state index contributed by atoms with van der Waals surface area (Å²) in [5.74, 6) is -0.772. The number of carbonyl (C=O) groups excluding carboxylic acids is 1. The molecule has 1 aromatic carbocycles. The van der Waals surface area contributed by atoms with Crippen LogP contribution in [0.4, 0.5) is 5.69 Å². The van der Waals surface area contributed by atoms with Crippen molar-refractivity contribution in [2.45, 2.75) is 0 Å². The first-order valence-corrected chi connectivity index (χ1v) is 7.02. The van der Waals surface area contributed by atoms with Gasteiger partial charge in [0, 0.05) is 10.0 Å². The first kappa shape index (κ1) is 14.1. The molecular weight excluding hydrogens is 287 g/mol. The molecule has 1 aromatic rings. The van der Waals surface area contributed by atoms with Gasteiger partial charge in [0.05, 0.1) is 11.9 Å². The van der Waals surface area contributed by atoms with Crippen LogP contribution in [-0.2, 0) is 14.8 Å². The molecule has 0 aromatic heterocycles. The number of primary amides is 1. The van der Waals surface area contributed by atoms with Crippen molar-refractivity contribution in [3.63, 3.8) is 0 Å². The molecule has 0 aliphatic rings. The standard InChI is InChI=1S/C9H10Cl2N2O3S/c1-17(15,16)13(5-9(12)14)8-3-6(10)2-7(11)4-8/h2-4H,5H2,1H3,(H2,12,14). The van der Waals surface area contributed by atoms with Gasteiger partial charge in [-0.25, -0.2) is 8.42 Å². The number of nitrogens with two attached hydrogens (primary N) is 1. The predicted molar refractivity (Wildman–Crippen MR) is 67.8 cm³/mol. The smallest absolute Gasteiger partial charge is 0.238 e. The van der Waals surface area contributed by atoms with Gasteiger partial charge in [-0.2, -0.15) is 0 Å². The summed E-state index contributed by atoms with van der Waals surface area (Å²) in [5.41, 5.74) is 5.19. The zero-order chi connectivity index (χ0) is 13.2. The first-order valence-electron chi connectivity index (χ1n) is 4.42. The van der Waals surface area contributed by atoms with E-state index in [0.29, 0.717) is 0 Å². The Morgan fingerprint density at radius 2 is 1.76 bits per heavy atom. The maximum atomic E-state index is 11.5. The van der Waals surface area contributed by atoms with Crippen LogP contribution in [0.1, 0.15) is 0 Å². The van der Waals surface area contributed by atoms with Crippen molar-refractivity contribution >= 4 is 44.8 Å². The van der Waals surface area contributed by atoms with E-state index in [4.69, 9.17) is 28.9 Å². The number of anilines is 1. The van der Waals surface area contributed by atoms with Crippen molar-refractivity contribution < 1.29 is 13.2 Å². The van der Waals surface area contributed by atoms with E-state index in [0.717, 1.165) is 10.6 Å². The number of benzene rings is 1. The third kappa shape index (κ3) is 4.07. The number of sulfonamides is 1. The van der Waals surface area contributed by atoms with Gasteiger partial charge >= 0.3 is 0 Å². The maximum absolute atomic E-state index is 11.5. The lowest BCUT2D eigenvalue weighted by Crippen LogP contribution is -2.37. The van der Waals surface area contributed by atoms with Gasteiger partial charge in [-0.15, -0.1) is 0 Å². The fourth-order valence-electron chi connectivity index (χ4n) is 1.22. The number of carbonyl (C=O) groups is 1. The Labute approximate surface area is 109 Å². The zero-order valence-corrected chi connectivity index (χ0v) is 11.2. The van der Waals surface area contributed by atoms with Crippen molar-refractivity contribution in [1.82, 2.24) is 0 Å². The summed E-state index contributed by atoms with van der Waals surface area (Å²) in [7, 11) is -3.63. The van der Waals surface area contributed by atoms with Crippen molar-refractivity contribution in [2.75, 3.05) is 17.1 Å². The third-order valence-corrected chi connectivity index (χ3v) is 3.41. The number of rotatable bonds is 4. The van der Waals surface area contributed by atoms with E-state index in [9.17, 15) is 13.2 Å². The number of hydrogen-bond donors (Lipinski definition) is 1. The average molecular weight is 297 g/mol. The average Bonchev–Trinajstić information content (AvgIpc) is 2.10. The first-order chi connectivity index (χ1) is 7.70. The molecule has 0 fully saturated rings. The Morgan fingerprint density at radius 1 is 1.29 bits per heavy atom. The summed E-state index contributed by atoms with van der Waals surface area (Å²) in [5, 5.41) is 0.538. The molecule has 94 valence electrons. The highest BCUT2D eigenvalue weighted by Crippen LogP contribution is 2.26. The van der Waals surface area contributed by atoms with Crippen LogP contribution in [0, 0.1) is 0 Å². The quantitative estimate of drug-likeness (QED) is 0.908. The highest BCUT2D eigenvalue weighted by Gasteiger charge is 2.20. The van der Waals surface area contributed by atoms with E-state index < -0.39 is 22.5 Å². The van der Waals surface area contributed by atoms with E-state index in [-0.39, 0.29) is 15.7 Å². The fourth-order valence-corrected chi connectivity index (χ4v) is 2.59. The molecule has 8 heteroatoms. The van der Waals surface area contributed by atoms with Crippen molar-refractivity contribution in [2.24, 2.45) is 5.73 Å². The molecule has 1 rings (SSSR count). The molecule has 0 unspecified atom stereocenters. The molecule has 0 atom stereocenters. The van der Waals surface area contributed by atoms with E-state index in [1.54, 1.807) is 0 Å². The van der Waals surface area contributed by atoms with Gasteiger partial charge in [-0.1, -0.05) is 23.2 Å². The molecule has 0 bridgehead atoms. The SMILES string of the molecule is CS(=O)(=O)N(CC(N)=O)c1cc(Cl)cc(Cl)c1. The Morgan fingerprint density at radius 3 is 2.12 bits per heavy atom. The molecule has 1 amide bonds. The normalized spacial score (nSPS) is 11.2. The van der Waals surface area contributed by atoms with Crippen LogP contribution in [-0.4, -0.2) is 27.1 Å². The van der Waals surface area contributed by atoms with Gasteiger partial charge in [-0.3, -0.25) is 9.10 Å². The van der Waals surface area contributed by atoms with Crippen molar-refractivity contribution in [3.8, 4) is 0 Å². The van der Waals surface area contributed by atoms with Gasteiger partial charge < -0.3 is 5.73 Å². The minimum absolute atomic E-state index is 0.198. The van der Waals surface area contributed by atoms with Crippen LogP contribution < -0.4 is 10.0 Å². The number of amides is 1. The van der Waals surface area contributed by atoms with E-state index in [1.165, 1.54) is 18.2 Å². The van der Waals surface area contributed by atoms with Crippen LogP contribution in [0.25, 0.3) is 0 Å². The van der Waals surface area contributed by atoms with Crippen molar-refractivity contribution in [3.05, 3.63) is 28.2 Å². The van der Waals surface area contributed by atoms with Gasteiger partial charge in [0.25, 0.3) is 0 Å². The number of halogens is 2. The van der Waals surface area contributed by atoms with Crippen LogP contribution in [0.5, 0.6) is 0 Å². The second-order valence-electron chi connectivity index (χ2n) is 3.36. The highest BCUT2D eigenvalue weighted by molar-refractivity contribution is 7.92. The minimum Gasteiger partial charge on any atom is -0.368 e. The molecule has 0 saturated heterocycles. The molecule has 2 N–H and O–H groups in total. The lowest BCUT2D eigenvalue weighted by Gasteiger charge is -2.21. The summed E-state index contributed by atoms with van der Waals surface area (Å²) in [6.07, 6.45) is 0.963. The number of nitrogens with zero attached hydrogens (tertiary/aromatic N) is 1. The molecule has 0 saturated carbocycles. The Hall–Kier alpha value is -0.980. The largest absolute Gasteiger partial charge is 0.368 e. The molecule has 0 radical (unpaired) electrons. The topological polar surface area (TPSA) is 80.5 Å². The summed E-state index contributed by atoms with van der Waals surface area (Å²) < 4.78 is 23.9. The molecule has 5 nitrogen and oxygen atoms in total.